The van der Waals surface area contributed by atoms with E-state index in [4.69, 9.17) is 0 Å². The Bertz CT molecular complexity index is 1570. The summed E-state index contributed by atoms with van der Waals surface area (Å²) >= 11 is 1.41. The van der Waals surface area contributed by atoms with E-state index in [0.29, 0.717) is 4.70 Å². The van der Waals surface area contributed by atoms with Crippen LogP contribution in [0.3, 0.4) is 0 Å². The van der Waals surface area contributed by atoms with Gasteiger partial charge in [0.05, 0.1) is 5.52 Å². The summed E-state index contributed by atoms with van der Waals surface area (Å²) in [6, 6.07) is 18.8. The summed E-state index contributed by atoms with van der Waals surface area (Å²) in [5.74, 6) is -3.34. The van der Waals surface area contributed by atoms with Gasteiger partial charge in [-0.3, -0.25) is 14.2 Å². The Balaban J connectivity index is 2.00. The Labute approximate surface area is 176 Å². The highest BCUT2D eigenvalue weighted by atomic mass is 32.1. The van der Waals surface area contributed by atoms with Crippen LogP contribution >= 0.6 is 11.3 Å². The Morgan fingerprint density at radius 3 is 2.26 bits per heavy atom. The molecular weight excluding hydrogens is 427 g/mol. The summed E-state index contributed by atoms with van der Waals surface area (Å²) < 4.78 is 42.4. The monoisotopic (exact) mass is 439 g/mol. The first kappa shape index (κ1) is 19.3. The second-order valence-electron chi connectivity index (χ2n) is 6.99. The van der Waals surface area contributed by atoms with Crippen LogP contribution in [0.2, 0.25) is 0 Å². The first-order valence-corrected chi connectivity index (χ1v) is 9.99. The maximum atomic E-state index is 13.2. The Hall–Kier alpha value is -3.65. The van der Waals surface area contributed by atoms with Crippen molar-refractivity contribution in [1.82, 2.24) is 4.57 Å². The zero-order valence-electron chi connectivity index (χ0n) is 15.6. The molecule has 0 aliphatic rings. The van der Waals surface area contributed by atoms with Crippen LogP contribution in [0.15, 0.2) is 71.5 Å². The number of hydrogen-bond acceptors (Lipinski definition) is 4. The highest BCUT2D eigenvalue weighted by molar-refractivity contribution is 7.25. The van der Waals surface area contributed by atoms with Crippen LogP contribution in [-0.2, 0) is 0 Å². The average Bonchev–Trinajstić information content (AvgIpc) is 3.10. The second-order valence-corrected chi connectivity index (χ2v) is 8.07. The third-order valence-corrected chi connectivity index (χ3v) is 6.28. The van der Waals surface area contributed by atoms with E-state index in [1.54, 1.807) is 36.4 Å². The molecule has 2 aromatic heterocycles. The molecule has 154 valence electrons. The number of hydrogen-bond donors (Lipinski definition) is 1. The summed E-state index contributed by atoms with van der Waals surface area (Å²) in [4.78, 5) is 25.2. The first-order chi connectivity index (χ1) is 14.8. The van der Waals surface area contributed by atoms with Crippen LogP contribution in [-0.4, -0.2) is 21.6 Å². The van der Waals surface area contributed by atoms with E-state index in [-0.39, 0.29) is 16.6 Å². The molecule has 0 spiro atoms. The molecule has 0 aliphatic carbocycles. The summed E-state index contributed by atoms with van der Waals surface area (Å²) in [5, 5.41) is 12.4. The van der Waals surface area contributed by atoms with E-state index in [1.165, 1.54) is 17.4 Å². The van der Waals surface area contributed by atoms with E-state index in [2.05, 4.69) is 0 Å². The van der Waals surface area contributed by atoms with E-state index < -0.39 is 28.8 Å². The van der Waals surface area contributed by atoms with Crippen LogP contribution in [0.4, 0.5) is 13.2 Å². The highest BCUT2D eigenvalue weighted by Crippen LogP contribution is 2.40. The van der Waals surface area contributed by atoms with E-state index in [9.17, 15) is 27.9 Å². The van der Waals surface area contributed by atoms with Crippen molar-refractivity contribution >= 4 is 48.2 Å². The van der Waals surface area contributed by atoms with Gasteiger partial charge >= 0.3 is 6.18 Å². The lowest BCUT2D eigenvalue weighted by molar-refractivity contribution is -0.0887. The summed E-state index contributed by atoms with van der Waals surface area (Å²) in [7, 11) is 0. The molecule has 0 amide bonds. The molecule has 8 heteroatoms. The normalized spacial score (nSPS) is 12.1. The Morgan fingerprint density at radius 1 is 0.871 bits per heavy atom. The molecule has 0 fully saturated rings. The van der Waals surface area contributed by atoms with Gasteiger partial charge < -0.3 is 5.11 Å². The molecule has 0 saturated heterocycles. The van der Waals surface area contributed by atoms with Crippen molar-refractivity contribution in [3.8, 4) is 11.4 Å². The number of fused-ring (bicyclic) bond motifs is 4. The van der Waals surface area contributed by atoms with Gasteiger partial charge in [-0.25, -0.2) is 0 Å². The van der Waals surface area contributed by atoms with Gasteiger partial charge in [-0.2, -0.15) is 13.2 Å². The molecule has 3 aromatic carbocycles. The van der Waals surface area contributed by atoms with Gasteiger partial charge in [0.25, 0.3) is 11.3 Å². The first-order valence-electron chi connectivity index (χ1n) is 9.17. The van der Waals surface area contributed by atoms with E-state index >= 15 is 0 Å². The summed E-state index contributed by atoms with van der Waals surface area (Å²) in [5.41, 5.74) is -2.02. The maximum Gasteiger partial charge on any atom is 0.455 e. The zero-order valence-corrected chi connectivity index (χ0v) is 16.4. The van der Waals surface area contributed by atoms with Crippen molar-refractivity contribution in [1.29, 1.82) is 0 Å². The van der Waals surface area contributed by atoms with E-state index in [0.717, 1.165) is 20.0 Å². The standard InChI is InChI=1S/C23H12F3NO3S/c24-23(25,26)21(29)19-20(28)15-11-18-14(13-8-4-5-9-17(13)31-18)10-16(15)27(22(19)30)12-6-2-1-3-7-12/h1-11,28H. The molecule has 31 heavy (non-hydrogen) atoms. The fourth-order valence-corrected chi connectivity index (χ4v) is 4.90. The number of rotatable bonds is 2. The number of Topliss-reactive ketones (excluding diaryl/α,β-unsaturated/α-hetero) is 1. The largest absolute Gasteiger partial charge is 0.506 e. The van der Waals surface area contributed by atoms with E-state index in [1.807, 2.05) is 24.3 Å². The molecule has 5 rings (SSSR count). The number of aromatic nitrogens is 1. The SMILES string of the molecule is O=C(c1c(O)c2cc3sc4ccccc4c3cc2n(-c2ccccc2)c1=O)C(F)(F)F. The van der Waals surface area contributed by atoms with Crippen LogP contribution in [0.1, 0.15) is 10.4 Å². The van der Waals surface area contributed by atoms with Crippen molar-refractivity contribution in [3.63, 3.8) is 0 Å². The number of para-hydroxylation sites is 1. The number of thiophene rings is 1. The van der Waals surface area contributed by atoms with Gasteiger partial charge in [0.2, 0.25) is 0 Å². The van der Waals surface area contributed by atoms with Crippen molar-refractivity contribution < 1.29 is 23.1 Å². The number of carbonyl (C=O) groups is 1. The molecule has 0 bridgehead atoms. The predicted octanol–water partition coefficient (Wildman–Crippen LogP) is 5.81. The minimum atomic E-state index is -5.31. The van der Waals surface area contributed by atoms with Crippen molar-refractivity contribution in [2.45, 2.75) is 6.18 Å². The van der Waals surface area contributed by atoms with Crippen molar-refractivity contribution in [2.75, 3.05) is 0 Å². The quantitative estimate of drug-likeness (QED) is 0.353. The molecule has 0 atom stereocenters. The zero-order chi connectivity index (χ0) is 21.9. The number of ketones is 1. The van der Waals surface area contributed by atoms with Crippen LogP contribution in [0, 0.1) is 0 Å². The average molecular weight is 439 g/mol. The maximum absolute atomic E-state index is 13.2. The van der Waals surface area contributed by atoms with Crippen LogP contribution < -0.4 is 5.56 Å². The third-order valence-electron chi connectivity index (χ3n) is 5.14. The number of halogens is 3. The number of aromatic hydroxyl groups is 1. The second kappa shape index (κ2) is 6.68. The number of nitrogens with zero attached hydrogens (tertiary/aromatic N) is 1. The van der Waals surface area contributed by atoms with Crippen LogP contribution in [0.5, 0.6) is 5.75 Å². The van der Waals surface area contributed by atoms with Crippen molar-refractivity contribution in [3.05, 3.63) is 82.6 Å². The predicted molar refractivity (Wildman–Crippen MR) is 114 cm³/mol. The van der Waals surface area contributed by atoms with Gasteiger partial charge in [0.1, 0.15) is 11.3 Å². The minimum Gasteiger partial charge on any atom is -0.506 e. The third kappa shape index (κ3) is 2.90. The van der Waals surface area contributed by atoms with Gasteiger partial charge in [-0.05, 0) is 30.3 Å². The fourth-order valence-electron chi connectivity index (χ4n) is 3.77. The number of carbonyl (C=O) groups excluding carboxylic acids is 1. The van der Waals surface area contributed by atoms with Gasteiger partial charge in [0, 0.05) is 31.2 Å². The smallest absolute Gasteiger partial charge is 0.455 e. The van der Waals surface area contributed by atoms with Crippen molar-refractivity contribution in [2.24, 2.45) is 0 Å². The molecule has 4 nitrogen and oxygen atoms in total. The molecule has 0 saturated carbocycles. The fraction of sp³-hybridized carbons (Fsp3) is 0.0435. The Morgan fingerprint density at radius 2 is 1.55 bits per heavy atom. The molecule has 0 aliphatic heterocycles. The lowest BCUT2D eigenvalue weighted by Gasteiger charge is -2.16. The van der Waals surface area contributed by atoms with Gasteiger partial charge in [-0.1, -0.05) is 36.4 Å². The molecule has 5 aromatic rings. The van der Waals surface area contributed by atoms with Gasteiger partial charge in [0.15, 0.2) is 0 Å². The lowest BCUT2D eigenvalue weighted by Crippen LogP contribution is -2.32. The molecular formula is C23H12F3NO3S. The lowest BCUT2D eigenvalue weighted by atomic mass is 10.0. The highest BCUT2D eigenvalue weighted by Gasteiger charge is 2.43. The summed E-state index contributed by atoms with van der Waals surface area (Å²) in [6.45, 7) is 0. The van der Waals surface area contributed by atoms with Gasteiger partial charge in [-0.15, -0.1) is 11.3 Å². The number of benzene rings is 3. The van der Waals surface area contributed by atoms with Crippen LogP contribution in [0.25, 0.3) is 36.8 Å². The molecule has 0 radical (unpaired) electrons. The Kier molecular flexibility index (Phi) is 4.16. The topological polar surface area (TPSA) is 59.3 Å². The summed E-state index contributed by atoms with van der Waals surface area (Å²) in [6.07, 6.45) is -5.31. The molecule has 1 N–H and O–H groups in total. The number of alkyl halides is 3. The molecule has 0 unspecified atom stereocenters. The molecule has 2 heterocycles. The number of pyridine rings is 1. The minimum absolute atomic E-state index is 0.00453.